The summed E-state index contributed by atoms with van der Waals surface area (Å²) in [6.45, 7) is 6.49. The monoisotopic (exact) mass is 366 g/mol. The molecule has 0 bridgehead atoms. The summed E-state index contributed by atoms with van der Waals surface area (Å²) >= 11 is 1.51. The Morgan fingerprint density at radius 1 is 1.36 bits per heavy atom. The van der Waals surface area contributed by atoms with Gasteiger partial charge in [0.25, 0.3) is 5.91 Å². The highest BCUT2D eigenvalue weighted by Crippen LogP contribution is 2.36. The summed E-state index contributed by atoms with van der Waals surface area (Å²) in [7, 11) is 0. The first-order chi connectivity index (χ1) is 12.1. The van der Waals surface area contributed by atoms with Gasteiger partial charge in [0.2, 0.25) is 0 Å². The Bertz CT molecular complexity index is 608. The predicted octanol–water partition coefficient (Wildman–Crippen LogP) is 2.27. The highest BCUT2D eigenvalue weighted by molar-refractivity contribution is 7.09. The molecule has 4 heterocycles. The van der Waals surface area contributed by atoms with Crippen molar-refractivity contribution in [2.24, 2.45) is 5.92 Å². The fraction of sp³-hybridized carbons (Fsp3) is 0.778. The van der Waals surface area contributed by atoms with Crippen LogP contribution in [0.5, 0.6) is 0 Å². The van der Waals surface area contributed by atoms with Crippen molar-refractivity contribution in [3.8, 4) is 0 Å². The molecule has 3 saturated heterocycles. The van der Waals surface area contributed by atoms with Gasteiger partial charge in [0.05, 0.1) is 24.2 Å². The number of aromatic nitrogens is 1. The standard InChI is InChI=1S/C18H26N2O4S/c1-13-19-16(10-25-13)17(21)20-11-18(12-20)8-15(4-7-24-18)23-9-14-2-5-22-6-3-14/h10,14-15H,2-9,11-12H2,1H3. The van der Waals surface area contributed by atoms with Crippen molar-refractivity contribution >= 4 is 17.2 Å². The molecule has 3 aliphatic rings. The summed E-state index contributed by atoms with van der Waals surface area (Å²) in [4.78, 5) is 18.6. The molecule has 6 nitrogen and oxygen atoms in total. The number of rotatable bonds is 4. The first-order valence-electron chi connectivity index (χ1n) is 9.18. The van der Waals surface area contributed by atoms with E-state index >= 15 is 0 Å². The van der Waals surface area contributed by atoms with Crippen LogP contribution in [0, 0.1) is 12.8 Å². The number of amides is 1. The fourth-order valence-electron chi connectivity index (χ4n) is 3.95. The number of likely N-dealkylation sites (tertiary alicyclic amines) is 1. The number of ether oxygens (including phenoxy) is 3. The number of carbonyl (C=O) groups excluding carboxylic acids is 1. The molecule has 0 aromatic carbocycles. The molecule has 3 fully saturated rings. The van der Waals surface area contributed by atoms with Crippen LogP contribution >= 0.6 is 11.3 Å². The number of nitrogens with zero attached hydrogens (tertiary/aromatic N) is 2. The Kier molecular flexibility index (Phi) is 5.08. The van der Waals surface area contributed by atoms with Gasteiger partial charge in [-0.2, -0.15) is 0 Å². The minimum atomic E-state index is -0.209. The molecule has 1 spiro atoms. The van der Waals surface area contributed by atoms with Crippen LogP contribution in [0.1, 0.15) is 41.2 Å². The van der Waals surface area contributed by atoms with E-state index in [2.05, 4.69) is 4.98 Å². The molecular formula is C18H26N2O4S. The van der Waals surface area contributed by atoms with Gasteiger partial charge in [0.1, 0.15) is 11.3 Å². The van der Waals surface area contributed by atoms with E-state index in [0.29, 0.717) is 24.7 Å². The largest absolute Gasteiger partial charge is 0.381 e. The molecule has 1 aromatic heterocycles. The second-order valence-electron chi connectivity index (χ2n) is 7.45. The van der Waals surface area contributed by atoms with E-state index in [9.17, 15) is 4.79 Å². The van der Waals surface area contributed by atoms with E-state index in [0.717, 1.165) is 57.1 Å². The lowest BCUT2D eigenvalue weighted by molar-refractivity contribution is -0.188. The van der Waals surface area contributed by atoms with E-state index in [1.54, 1.807) is 0 Å². The van der Waals surface area contributed by atoms with E-state index in [4.69, 9.17) is 14.2 Å². The summed E-state index contributed by atoms with van der Waals surface area (Å²) < 4.78 is 17.6. The minimum Gasteiger partial charge on any atom is -0.381 e. The van der Waals surface area contributed by atoms with Gasteiger partial charge in [0, 0.05) is 38.2 Å². The van der Waals surface area contributed by atoms with Crippen molar-refractivity contribution in [2.45, 2.75) is 44.3 Å². The average molecular weight is 366 g/mol. The van der Waals surface area contributed by atoms with Crippen LogP contribution < -0.4 is 0 Å². The average Bonchev–Trinajstić information content (AvgIpc) is 3.05. The first-order valence-corrected chi connectivity index (χ1v) is 10.1. The molecule has 1 amide bonds. The Morgan fingerprint density at radius 2 is 2.16 bits per heavy atom. The molecule has 0 saturated carbocycles. The van der Waals surface area contributed by atoms with E-state index in [-0.39, 0.29) is 17.6 Å². The maximum Gasteiger partial charge on any atom is 0.273 e. The maximum absolute atomic E-state index is 12.5. The van der Waals surface area contributed by atoms with Crippen molar-refractivity contribution in [1.29, 1.82) is 0 Å². The lowest BCUT2D eigenvalue weighted by atomic mass is 9.84. The number of thiazole rings is 1. The summed E-state index contributed by atoms with van der Waals surface area (Å²) in [5.41, 5.74) is 0.347. The van der Waals surface area contributed by atoms with Crippen LogP contribution in [0.15, 0.2) is 5.38 Å². The van der Waals surface area contributed by atoms with Gasteiger partial charge in [-0.1, -0.05) is 0 Å². The van der Waals surface area contributed by atoms with E-state index in [1.807, 2.05) is 17.2 Å². The normalized spacial score (nSPS) is 26.6. The van der Waals surface area contributed by atoms with E-state index < -0.39 is 0 Å². The number of hydrogen-bond acceptors (Lipinski definition) is 6. The van der Waals surface area contributed by atoms with Crippen LogP contribution in [-0.4, -0.2) is 67.0 Å². The SMILES string of the molecule is Cc1nc(C(=O)N2CC3(CC(OCC4CCOCC4)CCO3)C2)cs1. The molecule has 25 heavy (non-hydrogen) atoms. The molecule has 4 rings (SSSR count). The highest BCUT2D eigenvalue weighted by Gasteiger charge is 2.50. The zero-order chi connectivity index (χ0) is 17.3. The second-order valence-corrected chi connectivity index (χ2v) is 8.51. The summed E-state index contributed by atoms with van der Waals surface area (Å²) in [5.74, 6) is 0.642. The zero-order valence-electron chi connectivity index (χ0n) is 14.7. The third-order valence-corrected chi connectivity index (χ3v) is 6.21. The van der Waals surface area contributed by atoms with Crippen LogP contribution in [0.25, 0.3) is 0 Å². The highest BCUT2D eigenvalue weighted by atomic mass is 32.1. The van der Waals surface area contributed by atoms with Crippen molar-refractivity contribution in [1.82, 2.24) is 9.88 Å². The third-order valence-electron chi connectivity index (χ3n) is 5.44. The quantitative estimate of drug-likeness (QED) is 0.818. The lowest BCUT2D eigenvalue weighted by Gasteiger charge is -2.52. The van der Waals surface area contributed by atoms with Crippen LogP contribution in [0.2, 0.25) is 0 Å². The summed E-state index contributed by atoms with van der Waals surface area (Å²) in [6.07, 6.45) is 4.28. The van der Waals surface area contributed by atoms with Gasteiger partial charge in [-0.15, -0.1) is 11.3 Å². The molecule has 1 atom stereocenters. The minimum absolute atomic E-state index is 0.0174. The van der Waals surface area contributed by atoms with Gasteiger partial charge < -0.3 is 19.1 Å². The topological polar surface area (TPSA) is 60.9 Å². The van der Waals surface area contributed by atoms with Gasteiger partial charge in [-0.3, -0.25) is 4.79 Å². The Labute approximate surface area is 152 Å². The van der Waals surface area contributed by atoms with Crippen molar-refractivity contribution in [2.75, 3.05) is 39.5 Å². The molecule has 3 aliphatic heterocycles. The Morgan fingerprint density at radius 3 is 2.88 bits per heavy atom. The number of carbonyl (C=O) groups is 1. The van der Waals surface area contributed by atoms with Crippen LogP contribution in [0.4, 0.5) is 0 Å². The lowest BCUT2D eigenvalue weighted by Crippen LogP contribution is -2.67. The van der Waals surface area contributed by atoms with Crippen molar-refractivity contribution < 1.29 is 19.0 Å². The van der Waals surface area contributed by atoms with Gasteiger partial charge in [-0.25, -0.2) is 4.98 Å². The molecule has 1 aromatic rings. The predicted molar refractivity (Wildman–Crippen MR) is 94.0 cm³/mol. The van der Waals surface area contributed by atoms with Crippen molar-refractivity contribution in [3.05, 3.63) is 16.1 Å². The number of aryl methyl sites for hydroxylation is 1. The van der Waals surface area contributed by atoms with Gasteiger partial charge in [0.15, 0.2) is 0 Å². The molecule has 1 unspecified atom stereocenters. The fourth-order valence-corrected chi connectivity index (χ4v) is 4.53. The van der Waals surface area contributed by atoms with Crippen LogP contribution in [-0.2, 0) is 14.2 Å². The van der Waals surface area contributed by atoms with E-state index in [1.165, 1.54) is 11.3 Å². The molecule has 7 heteroatoms. The van der Waals surface area contributed by atoms with Crippen molar-refractivity contribution in [3.63, 3.8) is 0 Å². The Balaban J connectivity index is 1.26. The maximum atomic E-state index is 12.5. The molecule has 0 radical (unpaired) electrons. The second kappa shape index (κ2) is 7.31. The van der Waals surface area contributed by atoms with Gasteiger partial charge >= 0.3 is 0 Å². The smallest absolute Gasteiger partial charge is 0.273 e. The summed E-state index contributed by atoms with van der Waals surface area (Å²) in [6, 6.07) is 0. The molecule has 0 N–H and O–H groups in total. The molecule has 138 valence electrons. The van der Waals surface area contributed by atoms with Crippen LogP contribution in [0.3, 0.4) is 0 Å². The molecular weight excluding hydrogens is 340 g/mol. The first kappa shape index (κ1) is 17.4. The number of hydrogen-bond donors (Lipinski definition) is 0. The van der Waals surface area contributed by atoms with Gasteiger partial charge in [-0.05, 0) is 32.1 Å². The Hall–Kier alpha value is -1.02. The summed E-state index contributed by atoms with van der Waals surface area (Å²) in [5, 5.41) is 2.76. The third kappa shape index (κ3) is 3.89. The molecule has 0 aliphatic carbocycles. The zero-order valence-corrected chi connectivity index (χ0v) is 15.6.